The zero-order valence-electron chi connectivity index (χ0n) is 12.7. The van der Waals surface area contributed by atoms with Crippen LogP contribution in [0.25, 0.3) is 0 Å². The van der Waals surface area contributed by atoms with Crippen LogP contribution in [-0.4, -0.2) is 24.4 Å². The first-order valence-electron chi connectivity index (χ1n) is 6.84. The number of ether oxygens (including phenoxy) is 1. The molecule has 23 heavy (non-hydrogen) atoms. The molecule has 0 aliphatic carbocycles. The molecule has 1 aromatic carbocycles. The van der Waals surface area contributed by atoms with E-state index in [0.717, 1.165) is 11.1 Å². The number of benzene rings is 1. The van der Waals surface area contributed by atoms with E-state index in [9.17, 15) is 14.4 Å². The molecule has 0 aliphatic heterocycles. The van der Waals surface area contributed by atoms with E-state index in [4.69, 9.17) is 4.74 Å². The molecule has 1 heterocycles. The van der Waals surface area contributed by atoms with E-state index in [0.29, 0.717) is 10.4 Å². The van der Waals surface area contributed by atoms with Crippen molar-refractivity contribution < 1.29 is 19.1 Å². The molecule has 0 aliphatic rings. The monoisotopic (exact) mass is 332 g/mol. The van der Waals surface area contributed by atoms with Crippen molar-refractivity contribution in [2.24, 2.45) is 0 Å². The Morgan fingerprint density at radius 3 is 2.57 bits per heavy atom. The van der Waals surface area contributed by atoms with E-state index < -0.39 is 24.4 Å². The standard InChI is InChI=1S/C16H16N2O4S/c1-10-5-6-12(11(2)8-10)16(21)22-9-14(19)17-18-15(20)13-4-3-7-23-13/h3-8H,9H2,1-2H3,(H,17,19)(H,18,20). The van der Waals surface area contributed by atoms with Crippen LogP contribution in [0.4, 0.5) is 0 Å². The Morgan fingerprint density at radius 1 is 1.13 bits per heavy atom. The number of thiophene rings is 1. The van der Waals surface area contributed by atoms with Crippen LogP contribution in [0.5, 0.6) is 0 Å². The van der Waals surface area contributed by atoms with E-state index in [1.54, 1.807) is 36.6 Å². The molecule has 0 bridgehead atoms. The lowest BCUT2D eigenvalue weighted by Crippen LogP contribution is -2.43. The minimum atomic E-state index is -0.618. The first-order chi connectivity index (χ1) is 11.0. The Morgan fingerprint density at radius 2 is 1.91 bits per heavy atom. The fourth-order valence-corrected chi connectivity index (χ4v) is 2.50. The molecule has 7 heteroatoms. The van der Waals surface area contributed by atoms with Crippen molar-refractivity contribution in [3.63, 3.8) is 0 Å². The van der Waals surface area contributed by atoms with Gasteiger partial charge in [-0.1, -0.05) is 23.8 Å². The quantitative estimate of drug-likeness (QED) is 0.662. The average molecular weight is 332 g/mol. The SMILES string of the molecule is Cc1ccc(C(=O)OCC(=O)NNC(=O)c2cccs2)c(C)c1. The highest BCUT2D eigenvalue weighted by atomic mass is 32.1. The first kappa shape index (κ1) is 16.7. The molecule has 0 saturated heterocycles. The molecule has 2 aromatic rings. The third kappa shape index (κ3) is 4.65. The largest absolute Gasteiger partial charge is 0.452 e. The summed E-state index contributed by atoms with van der Waals surface area (Å²) in [7, 11) is 0. The smallest absolute Gasteiger partial charge is 0.338 e. The predicted octanol–water partition coefficient (Wildman–Crippen LogP) is 1.98. The van der Waals surface area contributed by atoms with Crippen molar-refractivity contribution in [1.82, 2.24) is 10.9 Å². The number of rotatable bonds is 4. The van der Waals surface area contributed by atoms with E-state index in [1.807, 2.05) is 13.0 Å². The molecule has 0 spiro atoms. The zero-order valence-corrected chi connectivity index (χ0v) is 13.5. The summed E-state index contributed by atoms with van der Waals surface area (Å²) in [5.74, 6) is -1.62. The number of esters is 1. The van der Waals surface area contributed by atoms with Gasteiger partial charge in [0.25, 0.3) is 11.8 Å². The predicted molar refractivity (Wildman–Crippen MR) is 86.1 cm³/mol. The van der Waals surface area contributed by atoms with E-state index in [1.165, 1.54) is 11.3 Å². The number of hydrazine groups is 1. The molecule has 0 saturated carbocycles. The van der Waals surface area contributed by atoms with Gasteiger partial charge in [-0.2, -0.15) is 0 Å². The van der Waals surface area contributed by atoms with Gasteiger partial charge in [0.2, 0.25) is 0 Å². The van der Waals surface area contributed by atoms with Crippen LogP contribution >= 0.6 is 11.3 Å². The third-order valence-corrected chi connectivity index (χ3v) is 3.87. The fraction of sp³-hybridized carbons (Fsp3) is 0.188. The molecule has 0 fully saturated rings. The highest BCUT2D eigenvalue weighted by Gasteiger charge is 2.13. The maximum atomic E-state index is 11.9. The number of hydrogen-bond donors (Lipinski definition) is 2. The molecular weight excluding hydrogens is 316 g/mol. The van der Waals surface area contributed by atoms with Crippen molar-refractivity contribution in [3.05, 3.63) is 57.3 Å². The second-order valence-electron chi connectivity index (χ2n) is 4.87. The normalized spacial score (nSPS) is 10.0. The Hall–Kier alpha value is -2.67. The van der Waals surface area contributed by atoms with Gasteiger partial charge in [-0.15, -0.1) is 11.3 Å². The van der Waals surface area contributed by atoms with Crippen molar-refractivity contribution in [1.29, 1.82) is 0 Å². The lowest BCUT2D eigenvalue weighted by atomic mass is 10.1. The van der Waals surface area contributed by atoms with Crippen LogP contribution in [-0.2, 0) is 9.53 Å². The fourth-order valence-electron chi connectivity index (χ4n) is 1.88. The second-order valence-corrected chi connectivity index (χ2v) is 5.82. The van der Waals surface area contributed by atoms with Gasteiger partial charge < -0.3 is 4.74 Å². The van der Waals surface area contributed by atoms with Crippen molar-refractivity contribution in [3.8, 4) is 0 Å². The molecule has 2 amide bonds. The maximum absolute atomic E-state index is 11.9. The maximum Gasteiger partial charge on any atom is 0.338 e. The molecule has 0 radical (unpaired) electrons. The van der Waals surface area contributed by atoms with Crippen molar-refractivity contribution in [2.75, 3.05) is 6.61 Å². The molecule has 2 rings (SSSR count). The Labute approximate surface area is 137 Å². The van der Waals surface area contributed by atoms with E-state index in [2.05, 4.69) is 10.9 Å². The summed E-state index contributed by atoms with van der Waals surface area (Å²) in [6.07, 6.45) is 0. The average Bonchev–Trinajstić information content (AvgIpc) is 3.04. The van der Waals surface area contributed by atoms with Gasteiger partial charge in [0.05, 0.1) is 10.4 Å². The topological polar surface area (TPSA) is 84.5 Å². The summed E-state index contributed by atoms with van der Waals surface area (Å²) in [5, 5.41) is 1.75. The molecular formula is C16H16N2O4S. The number of nitrogens with one attached hydrogen (secondary N) is 2. The van der Waals surface area contributed by atoms with E-state index >= 15 is 0 Å². The molecule has 0 unspecified atom stereocenters. The minimum absolute atomic E-state index is 0.408. The van der Waals surface area contributed by atoms with E-state index in [-0.39, 0.29) is 0 Å². The van der Waals surface area contributed by atoms with Gasteiger partial charge in [-0.05, 0) is 36.9 Å². The summed E-state index contributed by atoms with van der Waals surface area (Å²) >= 11 is 1.25. The number of carbonyl (C=O) groups excluding carboxylic acids is 3. The Bertz CT molecular complexity index is 726. The first-order valence-corrected chi connectivity index (χ1v) is 7.72. The lowest BCUT2D eigenvalue weighted by molar-refractivity contribution is -0.125. The van der Waals surface area contributed by atoms with Gasteiger partial charge in [-0.25, -0.2) is 4.79 Å². The van der Waals surface area contributed by atoms with Gasteiger partial charge in [0.15, 0.2) is 6.61 Å². The van der Waals surface area contributed by atoms with Crippen LogP contribution in [0.15, 0.2) is 35.7 Å². The summed E-state index contributed by atoms with van der Waals surface area (Å²) in [4.78, 5) is 35.6. The van der Waals surface area contributed by atoms with Crippen LogP contribution in [0.1, 0.15) is 31.2 Å². The molecule has 1 aromatic heterocycles. The van der Waals surface area contributed by atoms with Crippen LogP contribution in [0.2, 0.25) is 0 Å². The van der Waals surface area contributed by atoms with Crippen LogP contribution < -0.4 is 10.9 Å². The van der Waals surface area contributed by atoms with Crippen LogP contribution in [0.3, 0.4) is 0 Å². The van der Waals surface area contributed by atoms with Crippen molar-refractivity contribution >= 4 is 29.1 Å². The molecule has 6 nitrogen and oxygen atoms in total. The summed E-state index contributed by atoms with van der Waals surface area (Å²) in [5.41, 5.74) is 6.66. The van der Waals surface area contributed by atoms with Crippen molar-refractivity contribution in [2.45, 2.75) is 13.8 Å². The number of carbonyl (C=O) groups is 3. The summed E-state index contributed by atoms with van der Waals surface area (Å²) in [6, 6.07) is 8.67. The highest BCUT2D eigenvalue weighted by Crippen LogP contribution is 2.11. The van der Waals surface area contributed by atoms with Crippen LogP contribution in [0, 0.1) is 13.8 Å². The van der Waals surface area contributed by atoms with Gasteiger partial charge in [0, 0.05) is 0 Å². The molecule has 0 atom stereocenters. The lowest BCUT2D eigenvalue weighted by Gasteiger charge is -2.09. The molecule has 120 valence electrons. The molecule has 2 N–H and O–H groups in total. The van der Waals surface area contributed by atoms with Gasteiger partial charge in [0.1, 0.15) is 0 Å². The third-order valence-electron chi connectivity index (χ3n) is 3.00. The Kier molecular flexibility index (Phi) is 5.48. The second kappa shape index (κ2) is 7.55. The summed E-state index contributed by atoms with van der Waals surface area (Å²) in [6.45, 7) is 3.24. The Balaban J connectivity index is 1.80. The number of aryl methyl sites for hydroxylation is 2. The zero-order chi connectivity index (χ0) is 16.8. The number of hydrogen-bond acceptors (Lipinski definition) is 5. The summed E-state index contributed by atoms with van der Waals surface area (Å²) < 4.78 is 4.93. The highest BCUT2D eigenvalue weighted by molar-refractivity contribution is 7.12. The number of amides is 2. The van der Waals surface area contributed by atoms with Gasteiger partial charge >= 0.3 is 5.97 Å². The minimum Gasteiger partial charge on any atom is -0.452 e. The van der Waals surface area contributed by atoms with Gasteiger partial charge in [-0.3, -0.25) is 20.4 Å².